The van der Waals surface area contributed by atoms with Crippen molar-refractivity contribution in [1.82, 2.24) is 5.32 Å². The normalized spacial score (nSPS) is 12.0. The second-order valence-corrected chi connectivity index (χ2v) is 5.30. The van der Waals surface area contributed by atoms with Crippen LogP contribution < -0.4 is 10.1 Å². The summed E-state index contributed by atoms with van der Waals surface area (Å²) in [4.78, 5) is 11.8. The Balaban J connectivity index is 2.80. The van der Waals surface area contributed by atoms with Crippen LogP contribution >= 0.6 is 15.9 Å². The third-order valence-corrected chi connectivity index (χ3v) is 3.37. The van der Waals surface area contributed by atoms with Crippen LogP contribution in [0, 0.1) is 0 Å². The summed E-state index contributed by atoms with van der Waals surface area (Å²) < 4.78 is 11.7. The molecule has 0 aliphatic carbocycles. The van der Waals surface area contributed by atoms with Crippen molar-refractivity contribution >= 4 is 21.9 Å². The topological polar surface area (TPSA) is 47.6 Å². The highest BCUT2D eigenvalue weighted by atomic mass is 79.9. The van der Waals surface area contributed by atoms with Crippen molar-refractivity contribution in [3.63, 3.8) is 0 Å². The molecule has 1 atom stereocenters. The van der Waals surface area contributed by atoms with E-state index in [0.717, 1.165) is 23.0 Å². The number of nitrogens with one attached hydrogen (secondary N) is 1. The molecule has 0 amide bonds. The second-order valence-electron chi connectivity index (χ2n) is 4.44. The fourth-order valence-electron chi connectivity index (χ4n) is 1.83. The fourth-order valence-corrected chi connectivity index (χ4v) is 2.35. The molecule has 0 radical (unpaired) electrons. The van der Waals surface area contributed by atoms with Crippen LogP contribution in [0.5, 0.6) is 5.75 Å². The van der Waals surface area contributed by atoms with E-state index in [2.05, 4.69) is 21.2 Å². The maximum atomic E-state index is 11.8. The van der Waals surface area contributed by atoms with E-state index in [1.807, 2.05) is 32.2 Å². The van der Waals surface area contributed by atoms with Crippen molar-refractivity contribution < 1.29 is 14.3 Å². The highest BCUT2D eigenvalue weighted by Crippen LogP contribution is 2.27. The van der Waals surface area contributed by atoms with Crippen molar-refractivity contribution in [2.75, 3.05) is 13.7 Å². The lowest BCUT2D eigenvalue weighted by Gasteiger charge is -2.18. The van der Waals surface area contributed by atoms with Gasteiger partial charge in [0.05, 0.1) is 11.1 Å². The average molecular weight is 344 g/mol. The molecule has 1 N–H and O–H groups in total. The van der Waals surface area contributed by atoms with E-state index < -0.39 is 6.10 Å². The van der Waals surface area contributed by atoms with Crippen LogP contribution in [-0.2, 0) is 16.1 Å². The lowest BCUT2D eigenvalue weighted by molar-refractivity contribution is -0.151. The molecule has 1 aromatic rings. The van der Waals surface area contributed by atoms with Crippen molar-refractivity contribution in [3.05, 3.63) is 28.2 Å². The van der Waals surface area contributed by atoms with E-state index in [9.17, 15) is 4.79 Å². The van der Waals surface area contributed by atoms with Gasteiger partial charge in [-0.05, 0) is 54.0 Å². The Morgan fingerprint density at radius 2 is 2.15 bits per heavy atom. The van der Waals surface area contributed by atoms with Crippen LogP contribution in [0.2, 0.25) is 0 Å². The smallest absolute Gasteiger partial charge is 0.347 e. The van der Waals surface area contributed by atoms with Crippen molar-refractivity contribution in [2.24, 2.45) is 0 Å². The van der Waals surface area contributed by atoms with E-state index in [-0.39, 0.29) is 5.97 Å². The van der Waals surface area contributed by atoms with Gasteiger partial charge in [0, 0.05) is 6.54 Å². The summed E-state index contributed by atoms with van der Waals surface area (Å²) in [5, 5.41) is 3.09. The Bertz CT molecular complexity index is 437. The van der Waals surface area contributed by atoms with E-state index in [1.54, 1.807) is 6.92 Å². The van der Waals surface area contributed by atoms with Crippen LogP contribution in [0.4, 0.5) is 0 Å². The molecule has 20 heavy (non-hydrogen) atoms. The summed E-state index contributed by atoms with van der Waals surface area (Å²) in [6.45, 7) is 4.96. The lowest BCUT2D eigenvalue weighted by atomic mass is 10.2. The van der Waals surface area contributed by atoms with Gasteiger partial charge < -0.3 is 14.8 Å². The van der Waals surface area contributed by atoms with Gasteiger partial charge in [0.2, 0.25) is 0 Å². The van der Waals surface area contributed by atoms with Crippen molar-refractivity contribution in [1.29, 1.82) is 0 Å². The summed E-state index contributed by atoms with van der Waals surface area (Å²) in [5.74, 6) is 0.358. The molecule has 0 aromatic heterocycles. The number of hydrogen-bond donors (Lipinski definition) is 1. The van der Waals surface area contributed by atoms with Crippen LogP contribution in [0.3, 0.4) is 0 Å². The number of benzene rings is 1. The second kappa shape index (κ2) is 8.97. The minimum atomic E-state index is -0.550. The molecule has 112 valence electrons. The number of carbonyl (C=O) groups is 1. The zero-order valence-corrected chi connectivity index (χ0v) is 13.8. The van der Waals surface area contributed by atoms with Gasteiger partial charge in [-0.1, -0.05) is 19.4 Å². The fraction of sp³-hybridized carbons (Fsp3) is 0.533. The van der Waals surface area contributed by atoms with Crippen molar-refractivity contribution in [2.45, 2.75) is 39.3 Å². The van der Waals surface area contributed by atoms with Gasteiger partial charge in [0.25, 0.3) is 0 Å². The molecule has 4 nitrogen and oxygen atoms in total. The van der Waals surface area contributed by atoms with Gasteiger partial charge >= 0.3 is 5.97 Å². The third-order valence-electron chi connectivity index (χ3n) is 2.75. The average Bonchev–Trinajstić information content (AvgIpc) is 2.41. The van der Waals surface area contributed by atoms with Gasteiger partial charge in [-0.2, -0.15) is 0 Å². The Morgan fingerprint density at radius 3 is 2.70 bits per heavy atom. The minimum Gasteiger partial charge on any atom is -0.478 e. The first-order valence-corrected chi connectivity index (χ1v) is 7.68. The number of rotatable bonds is 8. The highest BCUT2D eigenvalue weighted by Gasteiger charge is 2.21. The van der Waals surface area contributed by atoms with E-state index in [0.29, 0.717) is 18.8 Å². The largest absolute Gasteiger partial charge is 0.478 e. The molecule has 0 spiro atoms. The maximum Gasteiger partial charge on any atom is 0.347 e. The first kappa shape index (κ1) is 17.0. The predicted octanol–water partition coefficient (Wildman–Crippen LogP) is 3.28. The number of halogens is 1. The van der Waals surface area contributed by atoms with Gasteiger partial charge in [-0.25, -0.2) is 4.79 Å². The molecule has 1 aromatic carbocycles. The number of carbonyl (C=O) groups excluding carboxylic acids is 1. The standard InChI is InChI=1S/C15H22BrNO3/c1-4-6-14(15(18)19-5-2)20-13-8-7-11(10-17-3)9-12(13)16/h7-9,14,17H,4-6,10H2,1-3H3. The zero-order valence-electron chi connectivity index (χ0n) is 12.2. The molecule has 5 heteroatoms. The molecular weight excluding hydrogens is 322 g/mol. The van der Waals surface area contributed by atoms with E-state index in [4.69, 9.17) is 9.47 Å². The lowest BCUT2D eigenvalue weighted by Crippen LogP contribution is -2.29. The van der Waals surface area contributed by atoms with Crippen LogP contribution in [0.25, 0.3) is 0 Å². The summed E-state index contributed by atoms with van der Waals surface area (Å²) in [6.07, 6.45) is 0.953. The molecule has 1 rings (SSSR count). The van der Waals surface area contributed by atoms with E-state index >= 15 is 0 Å². The molecule has 0 aliphatic rings. The molecule has 1 unspecified atom stereocenters. The number of ether oxygens (including phenoxy) is 2. The van der Waals surface area contributed by atoms with Gasteiger partial charge in [-0.3, -0.25) is 0 Å². The molecule has 0 bridgehead atoms. The molecule has 0 saturated heterocycles. The van der Waals surface area contributed by atoms with Crippen LogP contribution in [0.15, 0.2) is 22.7 Å². The highest BCUT2D eigenvalue weighted by molar-refractivity contribution is 9.10. The number of esters is 1. The Kier molecular flexibility index (Phi) is 7.62. The molecule has 0 fully saturated rings. The Hall–Kier alpha value is -1.07. The van der Waals surface area contributed by atoms with E-state index in [1.165, 1.54) is 0 Å². The predicted molar refractivity (Wildman–Crippen MR) is 82.9 cm³/mol. The van der Waals surface area contributed by atoms with Gasteiger partial charge in [0.1, 0.15) is 5.75 Å². The van der Waals surface area contributed by atoms with Crippen molar-refractivity contribution in [3.8, 4) is 5.75 Å². The summed E-state index contributed by atoms with van der Waals surface area (Å²) in [7, 11) is 1.90. The first-order valence-electron chi connectivity index (χ1n) is 6.88. The zero-order chi connectivity index (χ0) is 15.0. The maximum absolute atomic E-state index is 11.8. The monoisotopic (exact) mass is 343 g/mol. The van der Waals surface area contributed by atoms with Crippen LogP contribution in [-0.4, -0.2) is 25.7 Å². The van der Waals surface area contributed by atoms with Gasteiger partial charge in [0.15, 0.2) is 6.10 Å². The molecule has 0 aliphatic heterocycles. The minimum absolute atomic E-state index is 0.305. The third kappa shape index (κ3) is 5.13. The quantitative estimate of drug-likeness (QED) is 0.736. The van der Waals surface area contributed by atoms with Gasteiger partial charge in [-0.15, -0.1) is 0 Å². The van der Waals surface area contributed by atoms with Crippen LogP contribution in [0.1, 0.15) is 32.3 Å². The summed E-state index contributed by atoms with van der Waals surface area (Å²) in [6, 6.07) is 5.84. The Morgan fingerprint density at radius 1 is 1.40 bits per heavy atom. The molecule has 0 heterocycles. The molecule has 0 saturated carbocycles. The SMILES string of the molecule is CCCC(Oc1ccc(CNC)cc1Br)C(=O)OCC. The number of hydrogen-bond acceptors (Lipinski definition) is 4. The molecular formula is C15H22BrNO3. The summed E-state index contributed by atoms with van der Waals surface area (Å²) in [5.41, 5.74) is 1.15. The summed E-state index contributed by atoms with van der Waals surface area (Å²) >= 11 is 3.48. The first-order chi connectivity index (χ1) is 9.62. The Labute approximate surface area is 129 Å².